The van der Waals surface area contributed by atoms with Crippen LogP contribution in [0.4, 0.5) is 4.39 Å². The molecule has 0 aromatic heterocycles. The number of sulfonamides is 1. The van der Waals surface area contributed by atoms with Gasteiger partial charge in [0.1, 0.15) is 5.82 Å². The molecule has 9 heteroatoms. The van der Waals surface area contributed by atoms with Gasteiger partial charge in [0.2, 0.25) is 10.0 Å². The fourth-order valence-electron chi connectivity index (χ4n) is 3.35. The van der Waals surface area contributed by atoms with Gasteiger partial charge in [-0.05, 0) is 61.7 Å². The molecule has 0 spiro atoms. The van der Waals surface area contributed by atoms with E-state index in [0.717, 1.165) is 19.3 Å². The molecular weight excluding hydrogens is 423 g/mol. The van der Waals surface area contributed by atoms with E-state index in [9.17, 15) is 22.4 Å². The molecule has 2 aromatic carbocycles. The van der Waals surface area contributed by atoms with Gasteiger partial charge in [-0.3, -0.25) is 4.79 Å². The Balaban J connectivity index is 1.53. The number of carbonyl (C=O) groups excluding carboxylic acids is 2. The van der Waals surface area contributed by atoms with Gasteiger partial charge < -0.3 is 10.1 Å². The third kappa shape index (κ3) is 5.89. The maximum absolute atomic E-state index is 13.0. The Bertz CT molecular complexity index is 1020. The predicted octanol–water partition coefficient (Wildman–Crippen LogP) is 3.03. The number of nitrogens with one attached hydrogen (secondary N) is 1. The summed E-state index contributed by atoms with van der Waals surface area (Å²) in [5.41, 5.74) is 0.864. The predicted molar refractivity (Wildman–Crippen MR) is 112 cm³/mol. The first-order chi connectivity index (χ1) is 14.8. The molecule has 31 heavy (non-hydrogen) atoms. The maximum Gasteiger partial charge on any atom is 0.338 e. The number of ether oxygens (including phenoxy) is 1. The minimum Gasteiger partial charge on any atom is -0.452 e. The van der Waals surface area contributed by atoms with E-state index < -0.39 is 28.5 Å². The Morgan fingerprint density at radius 3 is 2.26 bits per heavy atom. The van der Waals surface area contributed by atoms with E-state index in [-0.39, 0.29) is 22.3 Å². The Morgan fingerprint density at radius 2 is 1.65 bits per heavy atom. The Kier molecular flexibility index (Phi) is 7.40. The minimum absolute atomic E-state index is 0.122. The number of piperidine rings is 1. The summed E-state index contributed by atoms with van der Waals surface area (Å²) in [6, 6.07) is 10.8. The Morgan fingerprint density at radius 1 is 1.03 bits per heavy atom. The molecule has 0 saturated carbocycles. The lowest BCUT2D eigenvalue weighted by Crippen LogP contribution is -2.35. The molecular formula is C22H25FN2O5S. The number of hydrogen-bond donors (Lipinski definition) is 1. The van der Waals surface area contributed by atoms with Crippen LogP contribution >= 0.6 is 0 Å². The summed E-state index contributed by atoms with van der Waals surface area (Å²) in [6.07, 6.45) is 2.70. The van der Waals surface area contributed by atoms with Crippen LogP contribution in [0.5, 0.6) is 0 Å². The van der Waals surface area contributed by atoms with Crippen LogP contribution in [0.2, 0.25) is 0 Å². The molecule has 0 bridgehead atoms. The lowest BCUT2D eigenvalue weighted by Gasteiger charge is -2.25. The summed E-state index contributed by atoms with van der Waals surface area (Å²) in [6.45, 7) is 2.24. The van der Waals surface area contributed by atoms with Gasteiger partial charge >= 0.3 is 5.97 Å². The van der Waals surface area contributed by atoms with Crippen molar-refractivity contribution < 1.29 is 27.1 Å². The number of carbonyl (C=O) groups is 2. The van der Waals surface area contributed by atoms with Gasteiger partial charge in [-0.1, -0.05) is 18.6 Å². The summed E-state index contributed by atoms with van der Waals surface area (Å²) in [5, 5.41) is 2.66. The second-order valence-electron chi connectivity index (χ2n) is 7.41. The lowest BCUT2D eigenvalue weighted by atomic mass is 10.1. The summed E-state index contributed by atoms with van der Waals surface area (Å²) >= 11 is 0. The SMILES string of the molecule is C[C@@H](NC(=O)COC(=O)c1ccc(S(=O)(=O)N2CCCCC2)cc1)c1ccc(F)cc1. The quantitative estimate of drug-likeness (QED) is 0.658. The number of halogens is 1. The lowest BCUT2D eigenvalue weighted by molar-refractivity contribution is -0.124. The molecule has 3 rings (SSSR count). The molecule has 1 amide bonds. The fourth-order valence-corrected chi connectivity index (χ4v) is 4.87. The van der Waals surface area contributed by atoms with Gasteiger partial charge in [0.05, 0.1) is 16.5 Å². The highest BCUT2D eigenvalue weighted by Gasteiger charge is 2.26. The largest absolute Gasteiger partial charge is 0.452 e. The zero-order valence-corrected chi connectivity index (χ0v) is 18.0. The van der Waals surface area contributed by atoms with Crippen LogP contribution in [-0.2, 0) is 19.6 Å². The second kappa shape index (κ2) is 10.0. The van der Waals surface area contributed by atoms with Crippen LogP contribution in [0.3, 0.4) is 0 Å². The van der Waals surface area contributed by atoms with Crippen molar-refractivity contribution in [1.82, 2.24) is 9.62 Å². The third-order valence-corrected chi connectivity index (χ3v) is 7.04. The van der Waals surface area contributed by atoms with Crippen molar-refractivity contribution in [1.29, 1.82) is 0 Å². The molecule has 2 aromatic rings. The van der Waals surface area contributed by atoms with Gasteiger partial charge in [-0.25, -0.2) is 17.6 Å². The molecule has 0 unspecified atom stereocenters. The van der Waals surface area contributed by atoms with E-state index >= 15 is 0 Å². The number of benzene rings is 2. The summed E-state index contributed by atoms with van der Waals surface area (Å²) < 4.78 is 44.8. The average Bonchev–Trinajstić information content (AvgIpc) is 2.78. The van der Waals surface area contributed by atoms with Gasteiger partial charge in [0.25, 0.3) is 5.91 Å². The van der Waals surface area contributed by atoms with Gasteiger partial charge in [0.15, 0.2) is 6.61 Å². The number of esters is 1. The van der Waals surface area contributed by atoms with Gasteiger partial charge in [-0.15, -0.1) is 0 Å². The summed E-state index contributed by atoms with van der Waals surface area (Å²) in [7, 11) is -3.58. The molecule has 1 heterocycles. The van der Waals surface area contributed by atoms with Crippen LogP contribution in [0, 0.1) is 5.82 Å². The average molecular weight is 449 g/mol. The maximum atomic E-state index is 13.0. The number of nitrogens with zero attached hydrogens (tertiary/aromatic N) is 1. The van der Waals surface area contributed by atoms with Crippen molar-refractivity contribution in [3.63, 3.8) is 0 Å². The summed E-state index contributed by atoms with van der Waals surface area (Å²) in [4.78, 5) is 24.4. The molecule has 1 fully saturated rings. The van der Waals surface area contributed by atoms with Crippen molar-refractivity contribution in [2.75, 3.05) is 19.7 Å². The standard InChI is InChI=1S/C22H25FN2O5S/c1-16(17-5-9-19(23)10-6-17)24-21(26)15-30-22(27)18-7-11-20(12-8-18)31(28,29)25-13-3-2-4-14-25/h5-12,16H,2-4,13-15H2,1H3,(H,24,26)/t16-/m1/s1. The van der Waals surface area contributed by atoms with E-state index in [1.54, 1.807) is 19.1 Å². The molecule has 166 valence electrons. The van der Waals surface area contributed by atoms with Crippen molar-refractivity contribution in [2.45, 2.75) is 37.1 Å². The van der Waals surface area contributed by atoms with E-state index in [4.69, 9.17) is 4.74 Å². The molecule has 1 atom stereocenters. The Hall–Kier alpha value is -2.78. The first-order valence-corrected chi connectivity index (χ1v) is 11.5. The highest BCUT2D eigenvalue weighted by molar-refractivity contribution is 7.89. The van der Waals surface area contributed by atoms with Crippen LogP contribution in [-0.4, -0.2) is 44.3 Å². The molecule has 1 saturated heterocycles. The van der Waals surface area contributed by atoms with E-state index in [2.05, 4.69) is 5.32 Å². The molecule has 1 aliphatic heterocycles. The van der Waals surface area contributed by atoms with Crippen molar-refractivity contribution in [3.05, 3.63) is 65.5 Å². The highest BCUT2D eigenvalue weighted by atomic mass is 32.2. The monoisotopic (exact) mass is 448 g/mol. The van der Waals surface area contributed by atoms with E-state index in [1.165, 1.54) is 40.7 Å². The summed E-state index contributed by atoms with van der Waals surface area (Å²) in [5.74, 6) is -1.60. The van der Waals surface area contributed by atoms with Crippen molar-refractivity contribution >= 4 is 21.9 Å². The molecule has 1 aliphatic rings. The Labute approximate surface area is 181 Å². The highest BCUT2D eigenvalue weighted by Crippen LogP contribution is 2.21. The first-order valence-electron chi connectivity index (χ1n) is 10.1. The van der Waals surface area contributed by atoms with Crippen molar-refractivity contribution in [3.8, 4) is 0 Å². The zero-order valence-electron chi connectivity index (χ0n) is 17.2. The van der Waals surface area contributed by atoms with Crippen LogP contribution in [0.25, 0.3) is 0 Å². The number of hydrogen-bond acceptors (Lipinski definition) is 5. The van der Waals surface area contributed by atoms with Crippen LogP contribution in [0.1, 0.15) is 48.1 Å². The fraction of sp³-hybridized carbons (Fsp3) is 0.364. The smallest absolute Gasteiger partial charge is 0.338 e. The molecule has 0 aliphatic carbocycles. The van der Waals surface area contributed by atoms with Crippen LogP contribution < -0.4 is 5.32 Å². The second-order valence-corrected chi connectivity index (χ2v) is 9.34. The van der Waals surface area contributed by atoms with Gasteiger partial charge in [0, 0.05) is 13.1 Å². The van der Waals surface area contributed by atoms with Crippen molar-refractivity contribution in [2.24, 2.45) is 0 Å². The topological polar surface area (TPSA) is 92.8 Å². The molecule has 0 radical (unpaired) electrons. The zero-order chi connectivity index (χ0) is 22.4. The van der Waals surface area contributed by atoms with E-state index in [0.29, 0.717) is 18.7 Å². The van der Waals surface area contributed by atoms with E-state index in [1.807, 2.05) is 0 Å². The minimum atomic E-state index is -3.58. The number of amides is 1. The molecule has 1 N–H and O–H groups in total. The molecule has 7 nitrogen and oxygen atoms in total. The normalized spacial score (nSPS) is 15.8. The first kappa shape index (κ1) is 22.9. The van der Waals surface area contributed by atoms with Gasteiger partial charge in [-0.2, -0.15) is 4.31 Å². The van der Waals surface area contributed by atoms with Crippen LogP contribution in [0.15, 0.2) is 53.4 Å². The third-order valence-electron chi connectivity index (χ3n) is 5.12. The number of rotatable bonds is 7.